The molecule has 1 fully saturated rings. The molecule has 2 aromatic heterocycles. The van der Waals surface area contributed by atoms with Crippen molar-refractivity contribution in [2.75, 3.05) is 39.4 Å². The molecule has 0 saturated carbocycles. The van der Waals surface area contributed by atoms with Gasteiger partial charge in [0.15, 0.2) is 11.7 Å². The third-order valence-electron chi connectivity index (χ3n) is 4.94. The van der Waals surface area contributed by atoms with E-state index in [4.69, 9.17) is 14.3 Å². The van der Waals surface area contributed by atoms with Crippen molar-refractivity contribution in [2.24, 2.45) is 4.99 Å². The van der Waals surface area contributed by atoms with E-state index < -0.39 is 0 Å². The van der Waals surface area contributed by atoms with Crippen molar-refractivity contribution in [3.63, 3.8) is 0 Å². The van der Waals surface area contributed by atoms with Crippen molar-refractivity contribution in [3.05, 3.63) is 39.4 Å². The molecule has 3 heterocycles. The van der Waals surface area contributed by atoms with Crippen molar-refractivity contribution in [3.8, 4) is 0 Å². The van der Waals surface area contributed by atoms with Crippen LogP contribution in [-0.4, -0.2) is 55.4 Å². The second-order valence-corrected chi connectivity index (χ2v) is 8.88. The Morgan fingerprint density at radius 1 is 1.27 bits per heavy atom. The number of halogens is 1. The first-order valence-electron chi connectivity index (χ1n) is 10.4. The first-order valence-corrected chi connectivity index (χ1v) is 11.2. The summed E-state index contributed by atoms with van der Waals surface area (Å²) < 4.78 is 11.0. The summed E-state index contributed by atoms with van der Waals surface area (Å²) in [6.07, 6.45) is 0. The summed E-state index contributed by atoms with van der Waals surface area (Å²) in [5, 5.41) is 11.0. The summed E-state index contributed by atoms with van der Waals surface area (Å²) in [6, 6.07) is 6.73. The van der Waals surface area contributed by atoms with Gasteiger partial charge in [0, 0.05) is 42.0 Å². The molecule has 0 radical (unpaired) electrons. The van der Waals surface area contributed by atoms with Gasteiger partial charge in [-0.25, -0.2) is 4.99 Å². The molecule has 168 valence electrons. The van der Waals surface area contributed by atoms with Gasteiger partial charge in [-0.05, 0) is 31.9 Å². The van der Waals surface area contributed by atoms with E-state index in [2.05, 4.69) is 60.5 Å². The lowest BCUT2D eigenvalue weighted by atomic mass is 10.1. The van der Waals surface area contributed by atoms with Gasteiger partial charge >= 0.3 is 0 Å². The largest absolute Gasteiger partial charge is 0.379 e. The fourth-order valence-corrected chi connectivity index (χ4v) is 4.31. The van der Waals surface area contributed by atoms with Gasteiger partial charge in [-0.1, -0.05) is 19.0 Å². The van der Waals surface area contributed by atoms with E-state index in [0.29, 0.717) is 18.5 Å². The number of morpholine rings is 1. The predicted octanol–water partition coefficient (Wildman–Crippen LogP) is 3.91. The number of nitrogens with one attached hydrogen (secondary N) is 2. The molecule has 1 unspecified atom stereocenters. The fraction of sp³-hybridized carbons (Fsp3) is 0.619. The van der Waals surface area contributed by atoms with Gasteiger partial charge in [0.1, 0.15) is 6.54 Å². The molecule has 1 aliphatic heterocycles. The van der Waals surface area contributed by atoms with Crippen LogP contribution < -0.4 is 10.6 Å². The van der Waals surface area contributed by atoms with E-state index in [1.807, 2.05) is 17.4 Å². The first kappa shape index (κ1) is 25.1. The van der Waals surface area contributed by atoms with Gasteiger partial charge in [0.2, 0.25) is 0 Å². The van der Waals surface area contributed by atoms with E-state index in [9.17, 15) is 0 Å². The van der Waals surface area contributed by atoms with Crippen LogP contribution in [-0.2, 0) is 11.3 Å². The number of thiophene rings is 1. The fourth-order valence-electron chi connectivity index (χ4n) is 3.30. The first-order chi connectivity index (χ1) is 14.1. The monoisotopic (exact) mass is 547 g/mol. The SMILES string of the molecule is CCNC(=NCc1cc(C(C)C)no1)NCC(c1ccc(C)s1)N1CCOCC1.I. The molecule has 0 bridgehead atoms. The quantitative estimate of drug-likeness (QED) is 0.297. The highest BCUT2D eigenvalue weighted by molar-refractivity contribution is 14.0. The maximum atomic E-state index is 5.55. The third-order valence-corrected chi connectivity index (χ3v) is 6.05. The Morgan fingerprint density at radius 2 is 2.03 bits per heavy atom. The molecule has 2 N–H and O–H groups in total. The van der Waals surface area contributed by atoms with Crippen LogP contribution in [0.25, 0.3) is 0 Å². The highest BCUT2D eigenvalue weighted by Gasteiger charge is 2.24. The van der Waals surface area contributed by atoms with Crippen LogP contribution in [0.1, 0.15) is 53.9 Å². The average Bonchev–Trinajstić information content (AvgIpc) is 3.36. The van der Waals surface area contributed by atoms with Crippen LogP contribution in [0.3, 0.4) is 0 Å². The molecule has 1 aliphatic rings. The van der Waals surface area contributed by atoms with Crippen molar-refractivity contribution in [2.45, 2.75) is 46.2 Å². The van der Waals surface area contributed by atoms with Gasteiger partial charge < -0.3 is 19.9 Å². The lowest BCUT2D eigenvalue weighted by Crippen LogP contribution is -2.46. The van der Waals surface area contributed by atoms with Crippen molar-refractivity contribution in [1.29, 1.82) is 0 Å². The van der Waals surface area contributed by atoms with Crippen molar-refractivity contribution in [1.82, 2.24) is 20.7 Å². The van der Waals surface area contributed by atoms with E-state index in [1.165, 1.54) is 9.75 Å². The molecule has 0 spiro atoms. The van der Waals surface area contributed by atoms with Gasteiger partial charge in [-0.3, -0.25) is 4.90 Å². The number of hydrogen-bond donors (Lipinski definition) is 2. The second-order valence-electron chi connectivity index (χ2n) is 7.56. The Labute approximate surface area is 200 Å². The number of nitrogens with zero attached hydrogens (tertiary/aromatic N) is 3. The molecular formula is C21H34IN5O2S. The molecule has 30 heavy (non-hydrogen) atoms. The average molecular weight is 548 g/mol. The molecule has 1 atom stereocenters. The molecule has 0 aliphatic carbocycles. The van der Waals surface area contributed by atoms with Crippen molar-refractivity contribution < 1.29 is 9.26 Å². The number of hydrogen-bond acceptors (Lipinski definition) is 6. The van der Waals surface area contributed by atoms with Crippen LogP contribution in [0, 0.1) is 6.92 Å². The van der Waals surface area contributed by atoms with Gasteiger partial charge in [-0.15, -0.1) is 35.3 Å². The molecule has 0 aromatic carbocycles. The number of aryl methyl sites for hydroxylation is 1. The summed E-state index contributed by atoms with van der Waals surface area (Å²) in [5.41, 5.74) is 0.966. The van der Waals surface area contributed by atoms with Crippen LogP contribution in [0.15, 0.2) is 27.7 Å². The van der Waals surface area contributed by atoms with Crippen LogP contribution in [0.5, 0.6) is 0 Å². The Kier molecular flexibility index (Phi) is 10.6. The predicted molar refractivity (Wildman–Crippen MR) is 133 cm³/mol. The zero-order chi connectivity index (χ0) is 20.6. The number of guanidine groups is 1. The van der Waals surface area contributed by atoms with E-state index in [-0.39, 0.29) is 24.0 Å². The van der Waals surface area contributed by atoms with E-state index in [0.717, 1.165) is 56.8 Å². The minimum Gasteiger partial charge on any atom is -0.379 e. The number of rotatable bonds is 8. The molecular weight excluding hydrogens is 513 g/mol. The molecule has 7 nitrogen and oxygen atoms in total. The smallest absolute Gasteiger partial charge is 0.191 e. The molecule has 2 aromatic rings. The standard InChI is InChI=1S/C21H33N5O2S.HI/c1-5-22-21(23-13-17-12-18(15(2)3)25-28-17)24-14-19(20-7-6-16(4)29-20)26-8-10-27-11-9-26;/h6-7,12,15,19H,5,8-11,13-14H2,1-4H3,(H2,22,23,24);1H. The molecule has 3 rings (SSSR count). The minimum atomic E-state index is 0. The Balaban J connectivity index is 0.00000320. The van der Waals surface area contributed by atoms with E-state index in [1.54, 1.807) is 0 Å². The number of aliphatic imine (C=N–C) groups is 1. The summed E-state index contributed by atoms with van der Waals surface area (Å²) >= 11 is 1.86. The van der Waals surface area contributed by atoms with Gasteiger partial charge in [0.25, 0.3) is 0 Å². The van der Waals surface area contributed by atoms with Gasteiger partial charge in [0.05, 0.1) is 24.9 Å². The maximum Gasteiger partial charge on any atom is 0.191 e. The highest BCUT2D eigenvalue weighted by atomic mass is 127. The number of ether oxygens (including phenoxy) is 1. The minimum absolute atomic E-state index is 0. The zero-order valence-corrected chi connectivity index (χ0v) is 21.5. The normalized spacial score (nSPS) is 16.4. The Hall–Kier alpha value is -1.17. The molecule has 1 saturated heterocycles. The van der Waals surface area contributed by atoms with Crippen LogP contribution >= 0.6 is 35.3 Å². The summed E-state index contributed by atoms with van der Waals surface area (Å²) in [4.78, 5) is 9.91. The van der Waals surface area contributed by atoms with Gasteiger partial charge in [-0.2, -0.15) is 0 Å². The third kappa shape index (κ3) is 7.21. The summed E-state index contributed by atoms with van der Waals surface area (Å²) in [5.74, 6) is 1.93. The van der Waals surface area contributed by atoms with Crippen molar-refractivity contribution >= 4 is 41.3 Å². The molecule has 0 amide bonds. The second kappa shape index (κ2) is 12.6. The lowest BCUT2D eigenvalue weighted by molar-refractivity contribution is 0.0177. The summed E-state index contributed by atoms with van der Waals surface area (Å²) in [7, 11) is 0. The Bertz CT molecular complexity index is 786. The number of aromatic nitrogens is 1. The highest BCUT2D eigenvalue weighted by Crippen LogP contribution is 2.27. The van der Waals surface area contributed by atoms with Crippen LogP contribution in [0.2, 0.25) is 0 Å². The lowest BCUT2D eigenvalue weighted by Gasteiger charge is -2.34. The molecule has 9 heteroatoms. The Morgan fingerprint density at radius 3 is 2.63 bits per heavy atom. The summed E-state index contributed by atoms with van der Waals surface area (Å²) in [6.45, 7) is 14.0. The van der Waals surface area contributed by atoms with E-state index >= 15 is 0 Å². The maximum absolute atomic E-state index is 5.55. The topological polar surface area (TPSA) is 74.9 Å². The zero-order valence-electron chi connectivity index (χ0n) is 18.3. The van der Waals surface area contributed by atoms with Crippen LogP contribution in [0.4, 0.5) is 0 Å².